The molecule has 0 aliphatic carbocycles. The number of rotatable bonds is 6. The Balaban J connectivity index is 1.54. The minimum Gasteiger partial charge on any atom is -0.375 e. The van der Waals surface area contributed by atoms with E-state index in [-0.39, 0.29) is 0 Å². The zero-order valence-corrected chi connectivity index (χ0v) is 12.8. The summed E-state index contributed by atoms with van der Waals surface area (Å²) in [7, 11) is 0. The number of anilines is 1. The molecule has 112 valence electrons. The molecule has 1 aromatic heterocycles. The number of aromatic nitrogens is 2. The summed E-state index contributed by atoms with van der Waals surface area (Å²) < 4.78 is 5.65. The molecule has 0 fully saturated rings. The number of nitrogens with zero attached hydrogens (tertiary/aromatic N) is 2. The van der Waals surface area contributed by atoms with Gasteiger partial charge in [-0.3, -0.25) is 0 Å². The third-order valence-corrected chi connectivity index (χ3v) is 3.48. The van der Waals surface area contributed by atoms with Crippen LogP contribution in [0, 0.1) is 0 Å². The summed E-state index contributed by atoms with van der Waals surface area (Å²) in [5.74, 6) is 0.796. The van der Waals surface area contributed by atoms with E-state index in [9.17, 15) is 0 Å². The van der Waals surface area contributed by atoms with Gasteiger partial charge in [-0.2, -0.15) is 0 Å². The fourth-order valence-corrected chi connectivity index (χ4v) is 2.34. The van der Waals surface area contributed by atoms with Crippen molar-refractivity contribution >= 4 is 28.3 Å². The summed E-state index contributed by atoms with van der Waals surface area (Å²) in [6.45, 7) is 1.90. The van der Waals surface area contributed by atoms with Crippen LogP contribution in [0.5, 0.6) is 0 Å². The highest BCUT2D eigenvalue weighted by atomic mass is 35.5. The van der Waals surface area contributed by atoms with Gasteiger partial charge in [-0.1, -0.05) is 41.9 Å². The minimum atomic E-state index is 0.605. The van der Waals surface area contributed by atoms with Crippen molar-refractivity contribution in [1.29, 1.82) is 0 Å². The lowest BCUT2D eigenvalue weighted by Crippen LogP contribution is -2.10. The van der Waals surface area contributed by atoms with Crippen molar-refractivity contribution in [2.45, 2.75) is 6.61 Å². The Hall–Kier alpha value is -2.17. The molecule has 2 aromatic carbocycles. The maximum atomic E-state index is 5.97. The molecule has 4 nitrogen and oxygen atoms in total. The average Bonchev–Trinajstić information content (AvgIpc) is 2.55. The van der Waals surface area contributed by atoms with Crippen molar-refractivity contribution in [2.75, 3.05) is 18.5 Å². The van der Waals surface area contributed by atoms with E-state index in [1.165, 1.54) is 11.9 Å². The Labute approximate surface area is 134 Å². The highest BCUT2D eigenvalue weighted by molar-refractivity contribution is 6.31. The number of benzene rings is 2. The molecular formula is C17H16ClN3O. The average molecular weight is 314 g/mol. The van der Waals surface area contributed by atoms with Crippen LogP contribution in [0.25, 0.3) is 10.9 Å². The van der Waals surface area contributed by atoms with Crippen molar-refractivity contribution in [3.05, 3.63) is 65.4 Å². The van der Waals surface area contributed by atoms with Crippen LogP contribution in [0.4, 0.5) is 5.82 Å². The van der Waals surface area contributed by atoms with Crippen LogP contribution in [-0.2, 0) is 11.3 Å². The standard InChI is InChI=1S/C17H16ClN3O/c18-14-6-7-15-16(10-14)20-12-21-17(15)19-8-9-22-11-13-4-2-1-3-5-13/h1-7,10,12H,8-9,11H2,(H,19,20,21). The highest BCUT2D eigenvalue weighted by Crippen LogP contribution is 2.22. The van der Waals surface area contributed by atoms with Crippen LogP contribution in [0.3, 0.4) is 0 Å². The summed E-state index contributed by atoms with van der Waals surface area (Å²) in [6, 6.07) is 15.7. The molecule has 0 aliphatic heterocycles. The van der Waals surface area contributed by atoms with Crippen LogP contribution < -0.4 is 5.32 Å². The summed E-state index contributed by atoms with van der Waals surface area (Å²) in [4.78, 5) is 8.49. The predicted octanol–water partition coefficient (Wildman–Crippen LogP) is 3.91. The minimum absolute atomic E-state index is 0.605. The SMILES string of the molecule is Clc1ccc2c(NCCOCc3ccccc3)ncnc2c1. The van der Waals surface area contributed by atoms with Gasteiger partial charge >= 0.3 is 0 Å². The first-order chi connectivity index (χ1) is 10.8. The van der Waals surface area contributed by atoms with Gasteiger partial charge in [0, 0.05) is 17.0 Å². The third kappa shape index (κ3) is 3.72. The van der Waals surface area contributed by atoms with E-state index in [4.69, 9.17) is 16.3 Å². The second-order valence-corrected chi connectivity index (χ2v) is 5.29. The molecule has 1 N–H and O–H groups in total. The maximum absolute atomic E-state index is 5.97. The molecular weight excluding hydrogens is 298 g/mol. The number of nitrogens with one attached hydrogen (secondary N) is 1. The molecule has 0 amide bonds. The number of halogens is 1. The fourth-order valence-electron chi connectivity index (χ4n) is 2.18. The molecule has 22 heavy (non-hydrogen) atoms. The number of hydrogen-bond acceptors (Lipinski definition) is 4. The van der Waals surface area contributed by atoms with Crippen molar-refractivity contribution in [1.82, 2.24) is 9.97 Å². The van der Waals surface area contributed by atoms with Gasteiger partial charge in [0.2, 0.25) is 0 Å². The molecule has 0 unspecified atom stereocenters. The van der Waals surface area contributed by atoms with E-state index in [0.29, 0.717) is 24.8 Å². The van der Waals surface area contributed by atoms with E-state index in [0.717, 1.165) is 16.7 Å². The molecule has 0 radical (unpaired) electrons. The van der Waals surface area contributed by atoms with E-state index >= 15 is 0 Å². The first kappa shape index (κ1) is 14.8. The predicted molar refractivity (Wildman–Crippen MR) is 89.1 cm³/mol. The Kier molecular flexibility index (Phi) is 4.83. The van der Waals surface area contributed by atoms with Crippen LogP contribution in [0.1, 0.15) is 5.56 Å². The lowest BCUT2D eigenvalue weighted by atomic mass is 10.2. The highest BCUT2D eigenvalue weighted by Gasteiger charge is 2.03. The van der Waals surface area contributed by atoms with Crippen LogP contribution >= 0.6 is 11.6 Å². The van der Waals surface area contributed by atoms with Crippen molar-refractivity contribution in [3.63, 3.8) is 0 Å². The zero-order valence-electron chi connectivity index (χ0n) is 12.0. The van der Waals surface area contributed by atoms with Gasteiger partial charge < -0.3 is 10.1 Å². The molecule has 3 rings (SSSR count). The van der Waals surface area contributed by atoms with Crippen LogP contribution in [-0.4, -0.2) is 23.1 Å². The van der Waals surface area contributed by atoms with Crippen LogP contribution in [0.15, 0.2) is 54.9 Å². The van der Waals surface area contributed by atoms with E-state index < -0.39 is 0 Å². The Morgan fingerprint density at radius 1 is 1.05 bits per heavy atom. The molecule has 0 saturated heterocycles. The lowest BCUT2D eigenvalue weighted by Gasteiger charge is -2.09. The summed E-state index contributed by atoms with van der Waals surface area (Å²) in [5, 5.41) is 4.90. The molecule has 0 aliphatic rings. The van der Waals surface area contributed by atoms with Crippen LogP contribution in [0.2, 0.25) is 5.02 Å². The van der Waals surface area contributed by atoms with Gasteiger partial charge in [-0.25, -0.2) is 9.97 Å². The summed E-state index contributed by atoms with van der Waals surface area (Å²) in [6.07, 6.45) is 1.53. The van der Waals surface area contributed by atoms with E-state index in [1.807, 2.05) is 36.4 Å². The molecule has 1 heterocycles. The van der Waals surface area contributed by atoms with Gasteiger partial charge in [-0.05, 0) is 23.8 Å². The Morgan fingerprint density at radius 3 is 2.77 bits per heavy atom. The van der Waals surface area contributed by atoms with E-state index in [2.05, 4.69) is 27.4 Å². The Bertz CT molecular complexity index is 749. The largest absolute Gasteiger partial charge is 0.375 e. The molecule has 0 atom stereocenters. The monoisotopic (exact) mass is 313 g/mol. The first-order valence-electron chi connectivity index (χ1n) is 7.09. The van der Waals surface area contributed by atoms with Crippen molar-refractivity contribution < 1.29 is 4.74 Å². The lowest BCUT2D eigenvalue weighted by molar-refractivity contribution is 0.130. The van der Waals surface area contributed by atoms with Gasteiger partial charge in [0.05, 0.1) is 18.7 Å². The van der Waals surface area contributed by atoms with Crippen molar-refractivity contribution in [3.8, 4) is 0 Å². The van der Waals surface area contributed by atoms with Gasteiger partial charge in [0.1, 0.15) is 12.1 Å². The zero-order chi connectivity index (χ0) is 15.2. The second-order valence-electron chi connectivity index (χ2n) is 4.85. The Morgan fingerprint density at radius 2 is 1.91 bits per heavy atom. The van der Waals surface area contributed by atoms with Gasteiger partial charge in [0.25, 0.3) is 0 Å². The first-order valence-corrected chi connectivity index (χ1v) is 7.46. The quantitative estimate of drug-likeness (QED) is 0.701. The van der Waals surface area contributed by atoms with Crippen molar-refractivity contribution in [2.24, 2.45) is 0 Å². The molecule has 0 bridgehead atoms. The number of fused-ring (bicyclic) bond motifs is 1. The number of ether oxygens (including phenoxy) is 1. The smallest absolute Gasteiger partial charge is 0.137 e. The second kappa shape index (κ2) is 7.20. The summed E-state index contributed by atoms with van der Waals surface area (Å²) >= 11 is 5.97. The normalized spacial score (nSPS) is 10.8. The van der Waals surface area contributed by atoms with Gasteiger partial charge in [0.15, 0.2) is 0 Å². The third-order valence-electron chi connectivity index (χ3n) is 3.25. The number of hydrogen-bond donors (Lipinski definition) is 1. The molecule has 0 spiro atoms. The van der Waals surface area contributed by atoms with Gasteiger partial charge in [-0.15, -0.1) is 0 Å². The fraction of sp³-hybridized carbons (Fsp3) is 0.176. The molecule has 3 aromatic rings. The summed E-state index contributed by atoms with van der Waals surface area (Å²) in [5.41, 5.74) is 2.00. The maximum Gasteiger partial charge on any atom is 0.137 e. The molecule has 0 saturated carbocycles. The molecule has 5 heteroatoms. The van der Waals surface area contributed by atoms with E-state index in [1.54, 1.807) is 0 Å². The topological polar surface area (TPSA) is 47.0 Å².